The van der Waals surface area contributed by atoms with Crippen molar-refractivity contribution in [3.05, 3.63) is 77.9 Å². The number of carbonyl (C=O) groups excluding carboxylic acids is 1. The second-order valence-electron chi connectivity index (χ2n) is 5.56. The topological polar surface area (TPSA) is 51.2 Å². The molecular formula is C19H16O3S. The van der Waals surface area contributed by atoms with Gasteiger partial charge in [-0.1, -0.05) is 54.1 Å². The quantitative estimate of drug-likeness (QED) is 0.686. The Morgan fingerprint density at radius 1 is 0.870 bits per heavy atom. The Morgan fingerprint density at radius 3 is 2.22 bits per heavy atom. The monoisotopic (exact) mass is 324 g/mol. The van der Waals surface area contributed by atoms with Gasteiger partial charge in [-0.3, -0.25) is 4.79 Å². The molecule has 0 N–H and O–H groups in total. The summed E-state index contributed by atoms with van der Waals surface area (Å²) in [6.45, 7) is 1.89. The van der Waals surface area contributed by atoms with Gasteiger partial charge in [-0.15, -0.1) is 0 Å². The molecule has 0 spiro atoms. The molecule has 3 aromatic rings. The van der Waals surface area contributed by atoms with Crippen molar-refractivity contribution in [1.82, 2.24) is 0 Å². The lowest BCUT2D eigenvalue weighted by Gasteiger charge is -2.06. The van der Waals surface area contributed by atoms with Gasteiger partial charge in [0.05, 0.1) is 4.90 Å². The van der Waals surface area contributed by atoms with E-state index in [0.29, 0.717) is 5.56 Å². The minimum atomic E-state index is -3.63. The summed E-state index contributed by atoms with van der Waals surface area (Å²) in [5.74, 6) is -0.912. The van der Waals surface area contributed by atoms with Crippen LogP contribution in [-0.4, -0.2) is 20.0 Å². The van der Waals surface area contributed by atoms with Crippen LogP contribution in [0.25, 0.3) is 10.8 Å². The van der Waals surface area contributed by atoms with E-state index in [1.54, 1.807) is 36.4 Å². The molecule has 0 saturated heterocycles. The average molecular weight is 324 g/mol. The Hall–Kier alpha value is -2.46. The first-order chi connectivity index (χ1) is 11.0. The van der Waals surface area contributed by atoms with Crippen LogP contribution >= 0.6 is 0 Å². The SMILES string of the molecule is Cc1ccc(S(=O)(=O)CC(=O)c2ccc3ccccc3c2)cc1. The van der Waals surface area contributed by atoms with E-state index in [9.17, 15) is 13.2 Å². The summed E-state index contributed by atoms with van der Waals surface area (Å²) in [5.41, 5.74) is 1.39. The van der Waals surface area contributed by atoms with Crippen LogP contribution in [0.3, 0.4) is 0 Å². The normalized spacial score (nSPS) is 11.5. The zero-order chi connectivity index (χ0) is 16.4. The molecule has 0 aliphatic rings. The van der Waals surface area contributed by atoms with Crippen molar-refractivity contribution < 1.29 is 13.2 Å². The third-order valence-electron chi connectivity index (χ3n) is 3.77. The maximum Gasteiger partial charge on any atom is 0.185 e. The van der Waals surface area contributed by atoms with Crippen LogP contribution in [0.5, 0.6) is 0 Å². The fourth-order valence-electron chi connectivity index (χ4n) is 2.45. The van der Waals surface area contributed by atoms with Crippen molar-refractivity contribution in [2.45, 2.75) is 11.8 Å². The van der Waals surface area contributed by atoms with Gasteiger partial charge in [0.25, 0.3) is 0 Å². The molecule has 116 valence electrons. The first-order valence-electron chi connectivity index (χ1n) is 7.27. The van der Waals surface area contributed by atoms with Crippen LogP contribution in [-0.2, 0) is 9.84 Å². The van der Waals surface area contributed by atoms with Crippen molar-refractivity contribution in [3.63, 3.8) is 0 Å². The number of ketones is 1. The Morgan fingerprint density at radius 2 is 1.52 bits per heavy atom. The number of sulfone groups is 1. The highest BCUT2D eigenvalue weighted by atomic mass is 32.2. The third-order valence-corrected chi connectivity index (χ3v) is 5.41. The molecule has 0 aliphatic heterocycles. The smallest absolute Gasteiger partial charge is 0.185 e. The standard InChI is InChI=1S/C19H16O3S/c1-14-6-10-18(11-7-14)23(21,22)13-19(20)17-9-8-15-4-2-3-5-16(15)12-17/h2-12H,13H2,1H3. The molecular weight excluding hydrogens is 308 g/mol. The molecule has 3 aromatic carbocycles. The molecule has 0 aliphatic carbocycles. The molecule has 0 atom stereocenters. The van der Waals surface area contributed by atoms with Gasteiger partial charge in [-0.25, -0.2) is 8.42 Å². The molecule has 3 nitrogen and oxygen atoms in total. The van der Waals surface area contributed by atoms with E-state index in [2.05, 4.69) is 0 Å². The highest BCUT2D eigenvalue weighted by Crippen LogP contribution is 2.18. The Labute approximate surface area is 135 Å². The van der Waals surface area contributed by atoms with E-state index in [0.717, 1.165) is 16.3 Å². The first kappa shape index (κ1) is 15.4. The summed E-state index contributed by atoms with van der Waals surface area (Å²) in [5, 5.41) is 1.94. The summed E-state index contributed by atoms with van der Waals surface area (Å²) >= 11 is 0. The molecule has 0 fully saturated rings. The Balaban J connectivity index is 1.88. The van der Waals surface area contributed by atoms with Gasteiger partial charge in [0, 0.05) is 5.56 Å². The number of rotatable bonds is 4. The fraction of sp³-hybridized carbons (Fsp3) is 0.105. The summed E-state index contributed by atoms with van der Waals surface area (Å²) in [6.07, 6.45) is 0. The Bertz CT molecular complexity index is 971. The molecule has 4 heteroatoms. The minimum absolute atomic E-state index is 0.178. The molecule has 0 saturated carbocycles. The lowest BCUT2D eigenvalue weighted by Crippen LogP contribution is -2.16. The van der Waals surface area contributed by atoms with Gasteiger partial charge in [-0.2, -0.15) is 0 Å². The second-order valence-corrected chi connectivity index (χ2v) is 7.55. The van der Waals surface area contributed by atoms with Crippen molar-refractivity contribution in [1.29, 1.82) is 0 Å². The molecule has 3 rings (SSSR count). The number of hydrogen-bond acceptors (Lipinski definition) is 3. The molecule has 0 amide bonds. The van der Waals surface area contributed by atoms with Crippen LogP contribution in [0.15, 0.2) is 71.6 Å². The van der Waals surface area contributed by atoms with E-state index in [1.807, 2.05) is 37.3 Å². The first-order valence-corrected chi connectivity index (χ1v) is 8.92. The van der Waals surface area contributed by atoms with Gasteiger partial charge in [-0.05, 0) is 35.9 Å². The number of benzene rings is 3. The highest BCUT2D eigenvalue weighted by Gasteiger charge is 2.20. The zero-order valence-corrected chi connectivity index (χ0v) is 13.5. The largest absolute Gasteiger partial charge is 0.293 e. The minimum Gasteiger partial charge on any atom is -0.293 e. The van der Waals surface area contributed by atoms with Gasteiger partial charge < -0.3 is 0 Å². The number of Topliss-reactive ketones (excluding diaryl/α,β-unsaturated/α-hetero) is 1. The lowest BCUT2D eigenvalue weighted by molar-refractivity contribution is 0.102. The molecule has 0 bridgehead atoms. The number of aryl methyl sites for hydroxylation is 1. The number of fused-ring (bicyclic) bond motifs is 1. The summed E-state index contributed by atoms with van der Waals surface area (Å²) in [7, 11) is -3.63. The van der Waals surface area contributed by atoms with Crippen LogP contribution in [0.1, 0.15) is 15.9 Å². The van der Waals surface area contributed by atoms with Crippen molar-refractivity contribution in [3.8, 4) is 0 Å². The van der Waals surface area contributed by atoms with Crippen LogP contribution in [0.4, 0.5) is 0 Å². The van der Waals surface area contributed by atoms with Gasteiger partial charge in [0.1, 0.15) is 5.75 Å². The Kier molecular flexibility index (Phi) is 4.01. The predicted molar refractivity (Wildman–Crippen MR) is 91.5 cm³/mol. The van der Waals surface area contributed by atoms with Gasteiger partial charge in [0.2, 0.25) is 0 Å². The highest BCUT2D eigenvalue weighted by molar-refractivity contribution is 7.92. The maximum atomic E-state index is 12.4. The zero-order valence-electron chi connectivity index (χ0n) is 12.7. The molecule has 0 radical (unpaired) electrons. The number of hydrogen-bond donors (Lipinski definition) is 0. The van der Waals surface area contributed by atoms with E-state index in [1.165, 1.54) is 0 Å². The maximum absolute atomic E-state index is 12.4. The lowest BCUT2D eigenvalue weighted by atomic mass is 10.1. The van der Waals surface area contributed by atoms with E-state index >= 15 is 0 Å². The molecule has 23 heavy (non-hydrogen) atoms. The summed E-state index contributed by atoms with van der Waals surface area (Å²) in [6, 6.07) is 19.5. The van der Waals surface area contributed by atoms with Crippen LogP contribution in [0.2, 0.25) is 0 Å². The predicted octanol–water partition coefficient (Wildman–Crippen LogP) is 3.80. The van der Waals surface area contributed by atoms with E-state index in [-0.39, 0.29) is 4.90 Å². The summed E-state index contributed by atoms with van der Waals surface area (Å²) < 4.78 is 24.7. The molecule has 0 aromatic heterocycles. The van der Waals surface area contributed by atoms with E-state index < -0.39 is 21.4 Å². The second kappa shape index (κ2) is 5.97. The molecule has 0 unspecified atom stereocenters. The van der Waals surface area contributed by atoms with E-state index in [4.69, 9.17) is 0 Å². The third kappa shape index (κ3) is 3.32. The van der Waals surface area contributed by atoms with Gasteiger partial charge >= 0.3 is 0 Å². The molecule has 0 heterocycles. The summed E-state index contributed by atoms with van der Waals surface area (Å²) in [4.78, 5) is 12.5. The average Bonchev–Trinajstić information content (AvgIpc) is 2.54. The van der Waals surface area contributed by atoms with Crippen molar-refractivity contribution in [2.75, 3.05) is 5.75 Å². The van der Waals surface area contributed by atoms with Crippen LogP contribution < -0.4 is 0 Å². The van der Waals surface area contributed by atoms with Crippen molar-refractivity contribution in [2.24, 2.45) is 0 Å². The fourth-order valence-corrected chi connectivity index (χ4v) is 3.68. The number of carbonyl (C=O) groups is 1. The van der Waals surface area contributed by atoms with Crippen molar-refractivity contribution >= 4 is 26.4 Å². The van der Waals surface area contributed by atoms with Crippen LogP contribution in [0, 0.1) is 6.92 Å². The van der Waals surface area contributed by atoms with Gasteiger partial charge in [0.15, 0.2) is 15.6 Å².